The van der Waals surface area contributed by atoms with Gasteiger partial charge in [-0.1, -0.05) is 0 Å². The van der Waals surface area contributed by atoms with E-state index < -0.39 is 0 Å². The van der Waals surface area contributed by atoms with E-state index >= 15 is 0 Å². The Bertz CT molecular complexity index is 373. The van der Waals surface area contributed by atoms with Gasteiger partial charge in [0.25, 0.3) is 0 Å². The van der Waals surface area contributed by atoms with E-state index in [1.54, 1.807) is 0 Å². The molecule has 0 saturated carbocycles. The maximum Gasteiger partial charge on any atom is 0.128 e. The molecule has 0 atom stereocenters. The maximum atomic E-state index is 5.78. The maximum absolute atomic E-state index is 5.78. The zero-order valence-electron chi connectivity index (χ0n) is 10.6. The predicted octanol–water partition coefficient (Wildman–Crippen LogP) is 1.98. The second-order valence-electron chi connectivity index (χ2n) is 4.49. The highest BCUT2D eigenvalue weighted by Gasteiger charge is 2.20. The van der Waals surface area contributed by atoms with Crippen molar-refractivity contribution in [1.29, 1.82) is 0 Å². The van der Waals surface area contributed by atoms with E-state index in [2.05, 4.69) is 16.8 Å². The molecule has 2 N–H and O–H groups in total. The molecule has 0 aromatic carbocycles. The monoisotopic (exact) mass is 235 g/mol. The average Bonchev–Trinajstić information content (AvgIpc) is 2.34. The largest absolute Gasteiger partial charge is 0.397 e. The Hall–Kier alpha value is -1.29. The summed E-state index contributed by atoms with van der Waals surface area (Å²) in [5.41, 5.74) is 7.45. The first-order valence-corrected chi connectivity index (χ1v) is 6.30. The average molecular weight is 235 g/mol. The summed E-state index contributed by atoms with van der Waals surface area (Å²) in [6, 6.07) is 3.94. The van der Waals surface area contributed by atoms with E-state index in [1.165, 1.54) is 0 Å². The second-order valence-corrected chi connectivity index (χ2v) is 4.49. The Balaban J connectivity index is 1.98. The Morgan fingerprint density at radius 3 is 2.71 bits per heavy atom. The van der Waals surface area contributed by atoms with Crippen LogP contribution in [0.5, 0.6) is 0 Å². The first-order valence-electron chi connectivity index (χ1n) is 6.30. The highest BCUT2D eigenvalue weighted by Crippen LogP contribution is 2.21. The van der Waals surface area contributed by atoms with Crippen LogP contribution in [0.3, 0.4) is 0 Å². The fraction of sp³-hybridized carbons (Fsp3) is 0.615. The second kappa shape index (κ2) is 5.36. The van der Waals surface area contributed by atoms with Crippen LogP contribution in [0.4, 0.5) is 11.5 Å². The topological polar surface area (TPSA) is 51.4 Å². The van der Waals surface area contributed by atoms with Crippen LogP contribution in [-0.2, 0) is 4.74 Å². The minimum absolute atomic E-state index is 0.422. The predicted molar refractivity (Wildman–Crippen MR) is 70.2 cm³/mol. The molecule has 1 aliphatic heterocycles. The van der Waals surface area contributed by atoms with Gasteiger partial charge in [-0.15, -0.1) is 0 Å². The molecular formula is C13H21N3O. The number of nitrogens with two attached hydrogens (primary N) is 1. The van der Waals surface area contributed by atoms with Crippen LogP contribution < -0.4 is 10.6 Å². The van der Waals surface area contributed by atoms with Crippen LogP contribution in [0.2, 0.25) is 0 Å². The smallest absolute Gasteiger partial charge is 0.128 e. The molecule has 0 amide bonds. The molecule has 0 unspecified atom stereocenters. The number of piperidine rings is 1. The molecule has 2 rings (SSSR count). The molecule has 0 aliphatic carbocycles. The van der Waals surface area contributed by atoms with E-state index in [9.17, 15) is 0 Å². The van der Waals surface area contributed by atoms with Gasteiger partial charge in [0.15, 0.2) is 0 Å². The fourth-order valence-electron chi connectivity index (χ4n) is 2.22. The van der Waals surface area contributed by atoms with Crippen molar-refractivity contribution in [1.82, 2.24) is 4.98 Å². The van der Waals surface area contributed by atoms with Crippen molar-refractivity contribution in [2.75, 3.05) is 30.3 Å². The van der Waals surface area contributed by atoms with Crippen LogP contribution in [0.25, 0.3) is 0 Å². The van der Waals surface area contributed by atoms with Gasteiger partial charge in [-0.2, -0.15) is 0 Å². The molecule has 1 aromatic rings. The SMILES string of the molecule is CCOC1CCN(c2ccc(N)c(C)n2)CC1. The Labute approximate surface area is 103 Å². The normalized spacial score (nSPS) is 17.4. The molecule has 0 spiro atoms. The number of anilines is 2. The fourth-order valence-corrected chi connectivity index (χ4v) is 2.22. The lowest BCUT2D eigenvalue weighted by molar-refractivity contribution is 0.0458. The zero-order chi connectivity index (χ0) is 12.3. The number of rotatable bonds is 3. The summed E-state index contributed by atoms with van der Waals surface area (Å²) in [6.07, 6.45) is 2.59. The van der Waals surface area contributed by atoms with Crippen LogP contribution in [0.15, 0.2) is 12.1 Å². The zero-order valence-corrected chi connectivity index (χ0v) is 10.6. The van der Waals surface area contributed by atoms with Gasteiger partial charge in [-0.25, -0.2) is 4.98 Å². The molecular weight excluding hydrogens is 214 g/mol. The molecule has 2 heterocycles. The highest BCUT2D eigenvalue weighted by atomic mass is 16.5. The summed E-state index contributed by atoms with van der Waals surface area (Å²) in [5.74, 6) is 1.03. The van der Waals surface area contributed by atoms with Crippen LogP contribution in [0, 0.1) is 6.92 Å². The lowest BCUT2D eigenvalue weighted by Crippen LogP contribution is -2.37. The highest BCUT2D eigenvalue weighted by molar-refractivity contribution is 5.50. The molecule has 0 bridgehead atoms. The summed E-state index contributed by atoms with van der Waals surface area (Å²) in [7, 11) is 0. The third kappa shape index (κ3) is 2.88. The van der Waals surface area contributed by atoms with E-state index in [0.29, 0.717) is 6.10 Å². The number of aromatic nitrogens is 1. The summed E-state index contributed by atoms with van der Waals surface area (Å²) < 4.78 is 5.64. The van der Waals surface area contributed by atoms with Gasteiger partial charge >= 0.3 is 0 Å². The van der Waals surface area contributed by atoms with Gasteiger partial charge in [0.2, 0.25) is 0 Å². The Kier molecular flexibility index (Phi) is 3.84. The van der Waals surface area contributed by atoms with Crippen LogP contribution in [0.1, 0.15) is 25.5 Å². The molecule has 1 aliphatic rings. The standard InChI is InChI=1S/C13H21N3O/c1-3-17-11-6-8-16(9-7-11)13-5-4-12(14)10(2)15-13/h4-5,11H,3,6-9,14H2,1-2H3. The molecule has 1 fully saturated rings. The minimum Gasteiger partial charge on any atom is -0.397 e. The van der Waals surface area contributed by atoms with Crippen LogP contribution in [-0.4, -0.2) is 30.8 Å². The van der Waals surface area contributed by atoms with Crippen molar-refractivity contribution in [3.05, 3.63) is 17.8 Å². The van der Waals surface area contributed by atoms with Crippen molar-refractivity contribution >= 4 is 11.5 Å². The molecule has 4 heteroatoms. The van der Waals surface area contributed by atoms with Gasteiger partial charge in [-0.3, -0.25) is 0 Å². The minimum atomic E-state index is 0.422. The number of ether oxygens (including phenoxy) is 1. The van der Waals surface area contributed by atoms with Crippen molar-refractivity contribution < 1.29 is 4.74 Å². The van der Waals surface area contributed by atoms with Gasteiger partial charge in [0.05, 0.1) is 17.5 Å². The van der Waals surface area contributed by atoms with E-state index in [4.69, 9.17) is 10.5 Å². The number of nitrogens with zero attached hydrogens (tertiary/aromatic N) is 2. The number of pyridine rings is 1. The van der Waals surface area contributed by atoms with Crippen LogP contribution >= 0.6 is 0 Å². The molecule has 1 saturated heterocycles. The molecule has 94 valence electrons. The van der Waals surface area contributed by atoms with E-state index in [0.717, 1.165) is 49.7 Å². The van der Waals surface area contributed by atoms with Crippen molar-refractivity contribution in [2.45, 2.75) is 32.8 Å². The first-order chi connectivity index (χ1) is 8.20. The molecule has 0 radical (unpaired) electrons. The summed E-state index contributed by atoms with van der Waals surface area (Å²) in [6.45, 7) is 6.84. The molecule has 1 aromatic heterocycles. The van der Waals surface area contributed by atoms with Gasteiger partial charge in [0, 0.05) is 19.7 Å². The van der Waals surface area contributed by atoms with Crippen molar-refractivity contribution in [2.24, 2.45) is 0 Å². The lowest BCUT2D eigenvalue weighted by Gasteiger charge is -2.32. The third-order valence-corrected chi connectivity index (χ3v) is 3.28. The summed E-state index contributed by atoms with van der Waals surface area (Å²) >= 11 is 0. The first kappa shape index (κ1) is 12.2. The molecule has 4 nitrogen and oxygen atoms in total. The van der Waals surface area contributed by atoms with Gasteiger partial charge < -0.3 is 15.4 Å². The summed E-state index contributed by atoms with van der Waals surface area (Å²) in [5, 5.41) is 0. The lowest BCUT2D eigenvalue weighted by atomic mass is 10.1. The number of hydrogen-bond donors (Lipinski definition) is 1. The van der Waals surface area contributed by atoms with E-state index in [1.807, 2.05) is 19.1 Å². The van der Waals surface area contributed by atoms with Gasteiger partial charge in [0.1, 0.15) is 5.82 Å². The van der Waals surface area contributed by atoms with Gasteiger partial charge in [-0.05, 0) is 38.8 Å². The Morgan fingerprint density at radius 1 is 1.41 bits per heavy atom. The molecule has 17 heavy (non-hydrogen) atoms. The number of hydrogen-bond acceptors (Lipinski definition) is 4. The number of nitrogen functional groups attached to an aromatic ring is 1. The van der Waals surface area contributed by atoms with Crippen molar-refractivity contribution in [3.63, 3.8) is 0 Å². The summed E-state index contributed by atoms with van der Waals surface area (Å²) in [4.78, 5) is 6.84. The van der Waals surface area contributed by atoms with Crippen molar-refractivity contribution in [3.8, 4) is 0 Å². The van der Waals surface area contributed by atoms with E-state index in [-0.39, 0.29) is 0 Å². The number of aryl methyl sites for hydroxylation is 1. The third-order valence-electron chi connectivity index (χ3n) is 3.28. The Morgan fingerprint density at radius 2 is 2.12 bits per heavy atom. The quantitative estimate of drug-likeness (QED) is 0.870.